The lowest BCUT2D eigenvalue weighted by molar-refractivity contribution is 0.0612. The lowest BCUT2D eigenvalue weighted by Crippen LogP contribution is -2.58. The number of likely N-dealkylation sites (tertiary alicyclic amines) is 1. The lowest BCUT2D eigenvalue weighted by Gasteiger charge is -2.48. The van der Waals surface area contributed by atoms with E-state index in [1.807, 2.05) is 6.07 Å². The second-order valence-corrected chi connectivity index (χ2v) is 9.99. The smallest absolute Gasteiger partial charge is 0.313 e. The van der Waals surface area contributed by atoms with Gasteiger partial charge in [0, 0.05) is 38.3 Å². The zero-order valence-electron chi connectivity index (χ0n) is 21.2. The molecule has 35 heavy (non-hydrogen) atoms. The van der Waals surface area contributed by atoms with E-state index < -0.39 is 0 Å². The number of piperazine rings is 1. The number of anilines is 2. The Morgan fingerprint density at radius 3 is 2.40 bits per heavy atom. The van der Waals surface area contributed by atoms with E-state index in [2.05, 4.69) is 76.0 Å². The minimum absolute atomic E-state index is 0.0615. The highest BCUT2D eigenvalue weighted by Gasteiger charge is 2.33. The lowest BCUT2D eigenvalue weighted by atomic mass is 9.97. The van der Waals surface area contributed by atoms with Crippen LogP contribution in [0.3, 0.4) is 0 Å². The molecule has 1 atom stereocenters. The summed E-state index contributed by atoms with van der Waals surface area (Å²) in [5.74, 6) is 0.363. The number of benzene rings is 1. The third-order valence-electron chi connectivity index (χ3n) is 7.61. The van der Waals surface area contributed by atoms with Gasteiger partial charge in [0.1, 0.15) is 5.69 Å². The maximum atomic E-state index is 5.57. The van der Waals surface area contributed by atoms with Crippen molar-refractivity contribution in [2.75, 3.05) is 43.4 Å². The molecular formula is C27H37N7O. The molecule has 0 bridgehead atoms. The number of piperidine rings is 1. The Morgan fingerprint density at radius 1 is 0.971 bits per heavy atom. The number of nitrogen functional groups attached to an aromatic ring is 1. The number of nitrogens with two attached hydrogens (primary N) is 1. The van der Waals surface area contributed by atoms with Crippen LogP contribution in [0.2, 0.25) is 0 Å². The van der Waals surface area contributed by atoms with Crippen LogP contribution >= 0.6 is 0 Å². The molecule has 2 aliphatic rings. The molecule has 2 aliphatic heterocycles. The van der Waals surface area contributed by atoms with Crippen molar-refractivity contribution in [3.8, 4) is 11.6 Å². The van der Waals surface area contributed by atoms with Crippen LogP contribution in [0.15, 0.2) is 40.8 Å². The predicted molar refractivity (Wildman–Crippen MR) is 139 cm³/mol. The second kappa shape index (κ2) is 10.3. The zero-order chi connectivity index (χ0) is 24.4. The quantitative estimate of drug-likeness (QED) is 0.574. The zero-order valence-corrected chi connectivity index (χ0v) is 21.2. The molecule has 2 saturated heterocycles. The van der Waals surface area contributed by atoms with Gasteiger partial charge in [0.05, 0.1) is 11.4 Å². The number of aromatic nitrogens is 3. The fourth-order valence-corrected chi connectivity index (χ4v) is 5.64. The van der Waals surface area contributed by atoms with E-state index in [1.165, 1.54) is 42.7 Å². The molecule has 5 rings (SSSR count). The summed E-state index contributed by atoms with van der Waals surface area (Å²) in [5.41, 5.74) is 11.2. The predicted octanol–water partition coefficient (Wildman–Crippen LogP) is 3.90. The van der Waals surface area contributed by atoms with E-state index in [4.69, 9.17) is 15.1 Å². The molecule has 3 aromatic rings. The summed E-state index contributed by atoms with van der Waals surface area (Å²) in [6.45, 7) is 13.1. The van der Waals surface area contributed by atoms with E-state index in [0.717, 1.165) is 38.3 Å². The average Bonchev–Trinajstić information content (AvgIpc) is 3.32. The summed E-state index contributed by atoms with van der Waals surface area (Å²) >= 11 is 0. The molecule has 1 aromatic carbocycles. The van der Waals surface area contributed by atoms with Gasteiger partial charge >= 0.3 is 6.01 Å². The van der Waals surface area contributed by atoms with Gasteiger partial charge in [-0.1, -0.05) is 41.9 Å². The summed E-state index contributed by atoms with van der Waals surface area (Å²) in [4.78, 5) is 12.6. The van der Waals surface area contributed by atoms with Crippen LogP contribution in [-0.2, 0) is 6.54 Å². The van der Waals surface area contributed by atoms with Crippen LogP contribution < -0.4 is 10.6 Å². The first-order valence-corrected chi connectivity index (χ1v) is 12.9. The van der Waals surface area contributed by atoms with Crippen molar-refractivity contribution in [2.45, 2.75) is 58.7 Å². The van der Waals surface area contributed by atoms with E-state index in [-0.39, 0.29) is 6.01 Å². The molecule has 0 spiro atoms. The Morgan fingerprint density at radius 2 is 1.74 bits per heavy atom. The highest BCUT2D eigenvalue weighted by Crippen LogP contribution is 2.29. The second-order valence-electron chi connectivity index (χ2n) is 9.99. The maximum Gasteiger partial charge on any atom is 0.313 e. The van der Waals surface area contributed by atoms with Crippen molar-refractivity contribution in [3.05, 3.63) is 53.2 Å². The van der Waals surface area contributed by atoms with Gasteiger partial charge in [-0.05, 0) is 63.9 Å². The van der Waals surface area contributed by atoms with Crippen molar-refractivity contribution >= 4 is 11.7 Å². The summed E-state index contributed by atoms with van der Waals surface area (Å²) in [6, 6.07) is 14.4. The highest BCUT2D eigenvalue weighted by atomic mass is 16.4. The molecule has 0 amide bonds. The Bertz CT molecular complexity index is 1120. The number of hydrogen-bond donors (Lipinski definition) is 1. The fourth-order valence-electron chi connectivity index (χ4n) is 5.64. The number of pyridine rings is 1. The van der Waals surface area contributed by atoms with Crippen LogP contribution in [-0.4, -0.2) is 69.8 Å². The standard InChI is InChI=1S/C27H37N7O/c1-4-22-18-33(25-10-9-24(29-20(25)3)26-30-31-27(28)35-26)15-16-34(22)23-11-13-32(14-12-23)17-21-7-5-19(2)6-8-21/h5-10,22-23H,4,11-18H2,1-3H3,(H2,28,31)/t22-/m0/s1. The SMILES string of the molecule is CC[C@H]1CN(c2ccc(-c3nnc(N)o3)nc2C)CCN1C1CCN(Cc2ccc(C)cc2)CC1. The number of rotatable bonds is 6. The number of hydrogen-bond acceptors (Lipinski definition) is 8. The van der Waals surface area contributed by atoms with Gasteiger partial charge in [0.2, 0.25) is 0 Å². The first kappa shape index (κ1) is 23.8. The van der Waals surface area contributed by atoms with Crippen LogP contribution in [0.5, 0.6) is 0 Å². The van der Waals surface area contributed by atoms with Crippen molar-refractivity contribution in [2.24, 2.45) is 0 Å². The summed E-state index contributed by atoms with van der Waals surface area (Å²) in [6.07, 6.45) is 3.67. The Hall–Kier alpha value is -2.97. The van der Waals surface area contributed by atoms with Crippen molar-refractivity contribution in [1.82, 2.24) is 25.0 Å². The first-order valence-electron chi connectivity index (χ1n) is 12.9. The van der Waals surface area contributed by atoms with Gasteiger partial charge in [-0.25, -0.2) is 4.98 Å². The number of aryl methyl sites for hydroxylation is 2. The van der Waals surface area contributed by atoms with E-state index in [9.17, 15) is 0 Å². The fraction of sp³-hybridized carbons (Fsp3) is 0.519. The molecule has 0 aliphatic carbocycles. The molecule has 4 heterocycles. The normalized spacial score (nSPS) is 20.4. The molecule has 186 valence electrons. The van der Waals surface area contributed by atoms with Crippen molar-refractivity contribution in [3.63, 3.8) is 0 Å². The average molecular weight is 476 g/mol. The Labute approximate surface area is 208 Å². The molecule has 2 fully saturated rings. The minimum atomic E-state index is 0.0615. The Balaban J connectivity index is 1.18. The summed E-state index contributed by atoms with van der Waals surface area (Å²) in [5, 5.41) is 7.70. The highest BCUT2D eigenvalue weighted by molar-refractivity contribution is 5.58. The van der Waals surface area contributed by atoms with Crippen LogP contribution in [0.25, 0.3) is 11.6 Å². The van der Waals surface area contributed by atoms with Crippen molar-refractivity contribution < 1.29 is 4.42 Å². The van der Waals surface area contributed by atoms with E-state index in [0.29, 0.717) is 23.7 Å². The van der Waals surface area contributed by atoms with Crippen LogP contribution in [0, 0.1) is 13.8 Å². The first-order chi connectivity index (χ1) is 17.0. The maximum absolute atomic E-state index is 5.57. The van der Waals surface area contributed by atoms with Gasteiger partial charge in [0.15, 0.2) is 0 Å². The van der Waals surface area contributed by atoms with Gasteiger partial charge < -0.3 is 15.1 Å². The molecular weight excluding hydrogens is 438 g/mol. The molecule has 2 N–H and O–H groups in total. The van der Waals surface area contributed by atoms with Gasteiger partial charge in [-0.15, -0.1) is 5.10 Å². The van der Waals surface area contributed by atoms with Crippen molar-refractivity contribution in [1.29, 1.82) is 0 Å². The number of nitrogens with zero attached hydrogens (tertiary/aromatic N) is 6. The van der Waals surface area contributed by atoms with Gasteiger partial charge in [0.25, 0.3) is 5.89 Å². The van der Waals surface area contributed by atoms with Crippen LogP contribution in [0.4, 0.5) is 11.7 Å². The monoisotopic (exact) mass is 475 g/mol. The summed E-state index contributed by atoms with van der Waals surface area (Å²) in [7, 11) is 0. The topological polar surface area (TPSA) is 87.5 Å². The third kappa shape index (κ3) is 5.33. The Kier molecular flexibility index (Phi) is 7.02. The van der Waals surface area contributed by atoms with Gasteiger partial charge in [-0.2, -0.15) is 0 Å². The largest absolute Gasteiger partial charge is 0.402 e. The minimum Gasteiger partial charge on any atom is -0.402 e. The molecule has 8 heteroatoms. The third-order valence-corrected chi connectivity index (χ3v) is 7.61. The van der Waals surface area contributed by atoms with Crippen LogP contribution in [0.1, 0.15) is 43.0 Å². The van der Waals surface area contributed by atoms with Gasteiger partial charge in [-0.3, -0.25) is 9.80 Å². The van der Waals surface area contributed by atoms with E-state index >= 15 is 0 Å². The molecule has 2 aromatic heterocycles. The molecule has 0 radical (unpaired) electrons. The molecule has 0 unspecified atom stereocenters. The molecule has 8 nitrogen and oxygen atoms in total. The van der Waals surface area contributed by atoms with E-state index in [1.54, 1.807) is 0 Å². The molecule has 0 saturated carbocycles. The summed E-state index contributed by atoms with van der Waals surface area (Å²) < 4.78 is 5.34.